The fourth-order valence-electron chi connectivity index (χ4n) is 3.91. The molecule has 138 valence electrons. The Hall–Kier alpha value is -2.41. The van der Waals surface area contributed by atoms with E-state index < -0.39 is 0 Å². The number of benzene rings is 1. The van der Waals surface area contributed by atoms with E-state index in [9.17, 15) is 4.79 Å². The highest BCUT2D eigenvalue weighted by Crippen LogP contribution is 2.26. The lowest BCUT2D eigenvalue weighted by molar-refractivity contribution is 0.00213. The fourth-order valence-corrected chi connectivity index (χ4v) is 3.91. The summed E-state index contributed by atoms with van der Waals surface area (Å²) in [5.41, 5.74) is 1.59. The summed E-state index contributed by atoms with van der Waals surface area (Å²) in [5.74, 6) is 0.733. The van der Waals surface area contributed by atoms with Gasteiger partial charge in [0.15, 0.2) is 5.82 Å². The van der Waals surface area contributed by atoms with Gasteiger partial charge in [-0.05, 0) is 38.4 Å². The Balaban J connectivity index is 1.37. The molecule has 0 bridgehead atoms. The molecule has 0 aliphatic carbocycles. The van der Waals surface area contributed by atoms with Crippen LogP contribution in [0.3, 0.4) is 0 Å². The first kappa shape index (κ1) is 17.0. The number of carbonyl (C=O) groups excluding carboxylic acids is 1. The van der Waals surface area contributed by atoms with Gasteiger partial charge in [-0.3, -0.25) is 14.8 Å². The van der Waals surface area contributed by atoms with E-state index in [1.165, 1.54) is 32.9 Å². The number of amides is 1. The first-order chi connectivity index (χ1) is 12.7. The summed E-state index contributed by atoms with van der Waals surface area (Å²) >= 11 is 0. The Morgan fingerprint density at radius 2 is 2.00 bits per heavy atom. The molecule has 1 amide bonds. The smallest absolute Gasteiger partial charge is 0.335 e. The van der Waals surface area contributed by atoms with Crippen LogP contribution in [0.5, 0.6) is 6.01 Å². The van der Waals surface area contributed by atoms with Crippen molar-refractivity contribution < 1.29 is 9.53 Å². The second-order valence-corrected chi connectivity index (χ2v) is 7.19. The molecule has 0 saturated carbocycles. The molecular formula is C19H25N5O2. The fraction of sp³-hybridized carbons (Fsp3) is 0.526. The van der Waals surface area contributed by atoms with Gasteiger partial charge in [0.25, 0.3) is 5.91 Å². The minimum Gasteiger partial charge on any atom is -0.466 e. The minimum absolute atomic E-state index is 0.104. The zero-order valence-corrected chi connectivity index (χ0v) is 15.3. The van der Waals surface area contributed by atoms with E-state index in [1.807, 2.05) is 29.2 Å². The Kier molecular flexibility index (Phi) is 4.63. The third kappa shape index (κ3) is 3.19. The van der Waals surface area contributed by atoms with Crippen molar-refractivity contribution in [2.24, 2.45) is 0 Å². The molecule has 2 aliphatic heterocycles. The van der Waals surface area contributed by atoms with Gasteiger partial charge < -0.3 is 9.64 Å². The standard InChI is InChI=1S/C19H25N5O2/c1-13-5-3-4-10-24(13)16-11-23(12-16)18(25)15-8-6-14(7-9-15)17-20-19(26-2)22-21-17/h6-9,13,16H,3-5,10-12H2,1-2H3,(H,20,21,22). The number of aromatic amines is 1. The molecule has 1 N–H and O–H groups in total. The first-order valence-electron chi connectivity index (χ1n) is 9.27. The van der Waals surface area contributed by atoms with Crippen molar-refractivity contribution in [3.8, 4) is 17.4 Å². The van der Waals surface area contributed by atoms with E-state index in [0.29, 0.717) is 29.5 Å². The van der Waals surface area contributed by atoms with Crippen molar-refractivity contribution in [3.05, 3.63) is 29.8 Å². The van der Waals surface area contributed by atoms with Gasteiger partial charge in [-0.1, -0.05) is 18.6 Å². The van der Waals surface area contributed by atoms with E-state index >= 15 is 0 Å². The second kappa shape index (κ2) is 7.07. The molecule has 4 rings (SSSR count). The van der Waals surface area contributed by atoms with Gasteiger partial charge >= 0.3 is 6.01 Å². The number of likely N-dealkylation sites (tertiary alicyclic amines) is 2. The van der Waals surface area contributed by atoms with Crippen molar-refractivity contribution in [2.75, 3.05) is 26.7 Å². The van der Waals surface area contributed by atoms with Crippen LogP contribution in [-0.4, -0.2) is 69.7 Å². The average molecular weight is 355 g/mol. The van der Waals surface area contributed by atoms with Crippen LogP contribution in [0.1, 0.15) is 36.5 Å². The molecule has 0 spiro atoms. The lowest BCUT2D eigenvalue weighted by atomic mass is 9.97. The number of nitrogens with zero attached hydrogens (tertiary/aromatic N) is 4. The molecule has 26 heavy (non-hydrogen) atoms. The molecule has 1 atom stereocenters. The maximum absolute atomic E-state index is 12.7. The lowest BCUT2D eigenvalue weighted by Gasteiger charge is -2.49. The molecule has 2 fully saturated rings. The van der Waals surface area contributed by atoms with Gasteiger partial charge in [-0.25, -0.2) is 0 Å². The van der Waals surface area contributed by atoms with Crippen LogP contribution in [0.15, 0.2) is 24.3 Å². The molecule has 2 saturated heterocycles. The number of rotatable bonds is 4. The summed E-state index contributed by atoms with van der Waals surface area (Å²) in [6.45, 7) is 5.15. The van der Waals surface area contributed by atoms with Crippen LogP contribution < -0.4 is 4.74 Å². The molecule has 1 aromatic heterocycles. The van der Waals surface area contributed by atoms with Crippen LogP contribution in [-0.2, 0) is 0 Å². The lowest BCUT2D eigenvalue weighted by Crippen LogP contribution is -2.63. The molecule has 0 radical (unpaired) electrons. The molecule has 2 aromatic rings. The highest BCUT2D eigenvalue weighted by atomic mass is 16.5. The van der Waals surface area contributed by atoms with Crippen LogP contribution in [0.2, 0.25) is 0 Å². The molecular weight excluding hydrogens is 330 g/mol. The quantitative estimate of drug-likeness (QED) is 0.910. The number of methoxy groups -OCH3 is 1. The van der Waals surface area contributed by atoms with Gasteiger partial charge in [0.05, 0.1) is 7.11 Å². The number of H-pyrrole nitrogens is 1. The maximum atomic E-state index is 12.7. The third-order valence-electron chi connectivity index (χ3n) is 5.53. The Labute approximate surface area is 153 Å². The van der Waals surface area contributed by atoms with Crippen molar-refractivity contribution in [3.63, 3.8) is 0 Å². The number of aromatic nitrogens is 3. The summed E-state index contributed by atoms with van der Waals surface area (Å²) in [6, 6.07) is 8.94. The largest absolute Gasteiger partial charge is 0.466 e. The SMILES string of the molecule is COc1n[nH]c(-c2ccc(C(=O)N3CC(N4CCCCC4C)C3)cc2)n1. The first-order valence-corrected chi connectivity index (χ1v) is 9.27. The molecule has 7 nitrogen and oxygen atoms in total. The predicted molar refractivity (Wildman–Crippen MR) is 98.1 cm³/mol. The zero-order chi connectivity index (χ0) is 18.1. The number of hydrogen-bond acceptors (Lipinski definition) is 5. The summed E-state index contributed by atoms with van der Waals surface area (Å²) in [4.78, 5) is 21.4. The number of hydrogen-bond donors (Lipinski definition) is 1. The highest BCUT2D eigenvalue weighted by Gasteiger charge is 2.37. The average Bonchev–Trinajstić information content (AvgIpc) is 3.11. The van der Waals surface area contributed by atoms with Crippen molar-refractivity contribution >= 4 is 5.91 Å². The number of piperidine rings is 1. The van der Waals surface area contributed by atoms with Gasteiger partial charge in [0, 0.05) is 36.3 Å². The minimum atomic E-state index is 0.104. The Morgan fingerprint density at radius 1 is 1.23 bits per heavy atom. The summed E-state index contributed by atoms with van der Waals surface area (Å²) in [6.07, 6.45) is 3.89. The topological polar surface area (TPSA) is 74.3 Å². The maximum Gasteiger partial charge on any atom is 0.335 e. The molecule has 1 aromatic carbocycles. The monoisotopic (exact) mass is 355 g/mol. The summed E-state index contributed by atoms with van der Waals surface area (Å²) in [7, 11) is 1.53. The van der Waals surface area contributed by atoms with E-state index in [1.54, 1.807) is 0 Å². The van der Waals surface area contributed by atoms with E-state index in [-0.39, 0.29) is 5.91 Å². The third-order valence-corrected chi connectivity index (χ3v) is 5.53. The molecule has 3 heterocycles. The van der Waals surface area contributed by atoms with Crippen molar-refractivity contribution in [2.45, 2.75) is 38.3 Å². The Bertz CT molecular complexity index is 766. The van der Waals surface area contributed by atoms with Crippen LogP contribution in [0.4, 0.5) is 0 Å². The van der Waals surface area contributed by atoms with Crippen LogP contribution >= 0.6 is 0 Å². The summed E-state index contributed by atoms with van der Waals surface area (Å²) < 4.78 is 4.98. The van der Waals surface area contributed by atoms with E-state index in [4.69, 9.17) is 4.74 Å². The van der Waals surface area contributed by atoms with Crippen LogP contribution in [0, 0.1) is 0 Å². The molecule has 7 heteroatoms. The number of carbonyl (C=O) groups is 1. The summed E-state index contributed by atoms with van der Waals surface area (Å²) in [5, 5.41) is 6.77. The normalized spacial score (nSPS) is 21.5. The highest BCUT2D eigenvalue weighted by molar-refractivity contribution is 5.95. The number of nitrogens with one attached hydrogen (secondary N) is 1. The zero-order valence-electron chi connectivity index (χ0n) is 15.3. The van der Waals surface area contributed by atoms with Gasteiger partial charge in [0.2, 0.25) is 0 Å². The molecule has 2 aliphatic rings. The van der Waals surface area contributed by atoms with E-state index in [0.717, 1.165) is 18.7 Å². The van der Waals surface area contributed by atoms with Gasteiger partial charge in [0.1, 0.15) is 0 Å². The van der Waals surface area contributed by atoms with Crippen molar-refractivity contribution in [1.82, 2.24) is 25.0 Å². The van der Waals surface area contributed by atoms with Crippen LogP contribution in [0.25, 0.3) is 11.4 Å². The van der Waals surface area contributed by atoms with E-state index in [2.05, 4.69) is 27.0 Å². The van der Waals surface area contributed by atoms with Gasteiger partial charge in [-0.2, -0.15) is 4.98 Å². The van der Waals surface area contributed by atoms with Gasteiger partial charge in [-0.15, -0.1) is 5.10 Å². The Morgan fingerprint density at radius 3 is 2.65 bits per heavy atom. The second-order valence-electron chi connectivity index (χ2n) is 7.19. The molecule has 1 unspecified atom stereocenters. The van der Waals surface area contributed by atoms with Crippen molar-refractivity contribution in [1.29, 1.82) is 0 Å². The number of ether oxygens (including phenoxy) is 1. The predicted octanol–water partition coefficient (Wildman–Crippen LogP) is 2.18.